The molecule has 0 aromatic carbocycles. The third kappa shape index (κ3) is 3.42. The fraction of sp³-hybridized carbons (Fsp3) is 0.647. The van der Waals surface area contributed by atoms with Gasteiger partial charge in [0.25, 0.3) is 11.8 Å². The molecule has 1 aromatic heterocycles. The number of aromatic nitrogens is 1. The average molecular weight is 339 g/mol. The van der Waals surface area contributed by atoms with Gasteiger partial charge in [-0.05, 0) is 31.9 Å². The largest absolute Gasteiger partial charge is 0.395 e. The molecule has 1 aromatic rings. The summed E-state index contributed by atoms with van der Waals surface area (Å²) in [5.74, 6) is -2.78. The maximum atomic E-state index is 13.6. The second kappa shape index (κ2) is 6.72. The Morgan fingerprint density at radius 3 is 2.75 bits per heavy atom. The van der Waals surface area contributed by atoms with Crippen LogP contribution in [0, 0.1) is 6.92 Å². The Hall–Kier alpha value is -1.60. The first kappa shape index (κ1) is 17.2. The molecule has 2 aliphatic rings. The summed E-state index contributed by atoms with van der Waals surface area (Å²) in [7, 11) is 0. The van der Waals surface area contributed by atoms with Crippen molar-refractivity contribution in [3.8, 4) is 0 Å². The predicted octanol–water partition coefficient (Wildman–Crippen LogP) is 1.70. The summed E-state index contributed by atoms with van der Waals surface area (Å²) in [6.45, 7) is 2.34. The fourth-order valence-corrected chi connectivity index (χ4v) is 3.80. The van der Waals surface area contributed by atoms with Crippen molar-refractivity contribution in [1.82, 2.24) is 14.8 Å². The van der Waals surface area contributed by atoms with E-state index in [9.17, 15) is 18.7 Å². The van der Waals surface area contributed by atoms with E-state index in [-0.39, 0.29) is 31.5 Å². The molecule has 5 nitrogen and oxygen atoms in total. The maximum absolute atomic E-state index is 13.6. The Morgan fingerprint density at radius 2 is 2.12 bits per heavy atom. The average Bonchev–Trinajstić information content (AvgIpc) is 2.90. The number of pyridine rings is 1. The van der Waals surface area contributed by atoms with Gasteiger partial charge in [0.2, 0.25) is 0 Å². The van der Waals surface area contributed by atoms with Gasteiger partial charge in [0.15, 0.2) is 0 Å². The van der Waals surface area contributed by atoms with Crippen LogP contribution in [0.15, 0.2) is 18.3 Å². The number of carbonyl (C=O) groups is 1. The minimum Gasteiger partial charge on any atom is -0.395 e. The lowest BCUT2D eigenvalue weighted by Gasteiger charge is -2.38. The number of amides is 1. The predicted molar refractivity (Wildman–Crippen MR) is 85.0 cm³/mol. The molecule has 1 N–H and O–H groups in total. The summed E-state index contributed by atoms with van der Waals surface area (Å²) >= 11 is 0. The van der Waals surface area contributed by atoms with Crippen molar-refractivity contribution in [3.05, 3.63) is 29.6 Å². The monoisotopic (exact) mass is 339 g/mol. The molecule has 132 valence electrons. The number of aryl methyl sites for hydroxylation is 1. The highest BCUT2D eigenvalue weighted by Gasteiger charge is 2.47. The van der Waals surface area contributed by atoms with Gasteiger partial charge in [0.1, 0.15) is 0 Å². The first-order valence-electron chi connectivity index (χ1n) is 8.36. The lowest BCUT2D eigenvalue weighted by Crippen LogP contribution is -2.49. The van der Waals surface area contributed by atoms with Crippen LogP contribution < -0.4 is 0 Å². The van der Waals surface area contributed by atoms with Crippen LogP contribution in [0.2, 0.25) is 0 Å². The number of piperidine rings is 1. The normalized spacial score (nSPS) is 25.2. The topological polar surface area (TPSA) is 56.7 Å². The van der Waals surface area contributed by atoms with Crippen molar-refractivity contribution in [2.45, 2.75) is 44.2 Å². The number of likely N-dealkylation sites (tertiary alicyclic amines) is 2. The molecule has 2 fully saturated rings. The number of rotatable bonds is 3. The summed E-state index contributed by atoms with van der Waals surface area (Å²) in [5, 5.41) is 9.37. The van der Waals surface area contributed by atoms with Crippen molar-refractivity contribution in [2.24, 2.45) is 0 Å². The van der Waals surface area contributed by atoms with E-state index in [0.29, 0.717) is 37.2 Å². The molecule has 0 radical (unpaired) electrons. The number of carbonyl (C=O) groups excluding carboxylic acids is 1. The molecule has 1 atom stereocenters. The summed E-state index contributed by atoms with van der Waals surface area (Å²) < 4.78 is 27.3. The van der Waals surface area contributed by atoms with Gasteiger partial charge in [0.05, 0.1) is 18.7 Å². The van der Waals surface area contributed by atoms with Crippen LogP contribution in [0.1, 0.15) is 35.3 Å². The van der Waals surface area contributed by atoms with Gasteiger partial charge >= 0.3 is 0 Å². The van der Waals surface area contributed by atoms with Crippen LogP contribution in [0.25, 0.3) is 0 Å². The van der Waals surface area contributed by atoms with Gasteiger partial charge in [-0.2, -0.15) is 0 Å². The standard InChI is InChI=1S/C17H23F2N3O2/c1-12-15(3-2-6-20-12)16(24)21-7-4-13(5-8-21)22-11-17(18,19)9-14(22)10-23/h2-3,6,13-14,23H,4-5,7-11H2,1H3/t14-/m0/s1. The Kier molecular flexibility index (Phi) is 4.83. The van der Waals surface area contributed by atoms with Crippen LogP contribution >= 0.6 is 0 Å². The van der Waals surface area contributed by atoms with Crippen molar-refractivity contribution in [3.63, 3.8) is 0 Å². The zero-order valence-electron chi connectivity index (χ0n) is 13.8. The molecule has 0 aliphatic carbocycles. The van der Waals surface area contributed by atoms with Gasteiger partial charge in [-0.1, -0.05) is 0 Å². The van der Waals surface area contributed by atoms with Crippen molar-refractivity contribution >= 4 is 5.91 Å². The van der Waals surface area contributed by atoms with E-state index < -0.39 is 12.0 Å². The smallest absolute Gasteiger partial charge is 0.262 e. The van der Waals surface area contributed by atoms with Gasteiger partial charge in [-0.15, -0.1) is 0 Å². The molecule has 24 heavy (non-hydrogen) atoms. The Labute approximate surface area is 140 Å². The molecule has 0 spiro atoms. The number of hydrogen-bond acceptors (Lipinski definition) is 4. The van der Waals surface area contributed by atoms with E-state index in [0.717, 1.165) is 0 Å². The van der Waals surface area contributed by atoms with Crippen LogP contribution in [0.5, 0.6) is 0 Å². The quantitative estimate of drug-likeness (QED) is 0.911. The van der Waals surface area contributed by atoms with E-state index in [2.05, 4.69) is 4.98 Å². The second-order valence-electron chi connectivity index (χ2n) is 6.73. The highest BCUT2D eigenvalue weighted by atomic mass is 19.3. The summed E-state index contributed by atoms with van der Waals surface area (Å²) in [6.07, 6.45) is 2.67. The van der Waals surface area contributed by atoms with Crippen LogP contribution in [0.4, 0.5) is 8.78 Å². The summed E-state index contributed by atoms with van der Waals surface area (Å²) in [5.41, 5.74) is 1.29. The molecule has 3 rings (SSSR count). The molecular weight excluding hydrogens is 316 g/mol. The molecule has 0 saturated carbocycles. The fourth-order valence-electron chi connectivity index (χ4n) is 3.80. The molecule has 1 amide bonds. The SMILES string of the molecule is Cc1ncccc1C(=O)N1CCC(N2CC(F)(F)C[C@H]2CO)CC1. The number of alkyl halides is 2. The molecule has 7 heteroatoms. The number of nitrogens with zero attached hydrogens (tertiary/aromatic N) is 3. The first-order valence-corrected chi connectivity index (χ1v) is 8.36. The van der Waals surface area contributed by atoms with Crippen LogP contribution in [-0.4, -0.2) is 70.0 Å². The van der Waals surface area contributed by atoms with Crippen LogP contribution in [-0.2, 0) is 0 Å². The third-order valence-corrected chi connectivity index (χ3v) is 5.09. The van der Waals surface area contributed by atoms with E-state index in [4.69, 9.17) is 0 Å². The van der Waals surface area contributed by atoms with Gasteiger partial charge in [0, 0.05) is 43.5 Å². The number of aliphatic hydroxyl groups excluding tert-OH is 1. The van der Waals surface area contributed by atoms with Crippen LogP contribution in [0.3, 0.4) is 0 Å². The van der Waals surface area contributed by atoms with E-state index in [1.807, 2.05) is 0 Å². The second-order valence-corrected chi connectivity index (χ2v) is 6.73. The Morgan fingerprint density at radius 1 is 1.42 bits per heavy atom. The Bertz CT molecular complexity index is 603. The minimum atomic E-state index is -2.73. The minimum absolute atomic E-state index is 0.00503. The summed E-state index contributed by atoms with van der Waals surface area (Å²) in [4.78, 5) is 20.2. The lowest BCUT2D eigenvalue weighted by atomic mass is 10.0. The molecule has 2 aliphatic heterocycles. The molecule has 3 heterocycles. The highest BCUT2D eigenvalue weighted by Crippen LogP contribution is 2.35. The highest BCUT2D eigenvalue weighted by molar-refractivity contribution is 5.95. The first-order chi connectivity index (χ1) is 11.4. The van der Waals surface area contributed by atoms with Gasteiger partial charge < -0.3 is 10.0 Å². The molecule has 2 saturated heterocycles. The van der Waals surface area contributed by atoms with Crippen molar-refractivity contribution in [1.29, 1.82) is 0 Å². The molecule has 0 bridgehead atoms. The van der Waals surface area contributed by atoms with E-state index in [1.54, 1.807) is 35.1 Å². The number of aliphatic hydroxyl groups is 1. The Balaban J connectivity index is 1.62. The third-order valence-electron chi connectivity index (χ3n) is 5.09. The van der Waals surface area contributed by atoms with E-state index in [1.165, 1.54) is 0 Å². The van der Waals surface area contributed by atoms with Gasteiger partial charge in [-0.3, -0.25) is 14.7 Å². The number of hydrogen-bond donors (Lipinski definition) is 1. The number of halogens is 2. The van der Waals surface area contributed by atoms with E-state index >= 15 is 0 Å². The van der Waals surface area contributed by atoms with Crippen molar-refractivity contribution < 1.29 is 18.7 Å². The zero-order chi connectivity index (χ0) is 17.3. The maximum Gasteiger partial charge on any atom is 0.262 e. The van der Waals surface area contributed by atoms with Crippen molar-refractivity contribution in [2.75, 3.05) is 26.2 Å². The molecule has 0 unspecified atom stereocenters. The zero-order valence-corrected chi connectivity index (χ0v) is 13.8. The lowest BCUT2D eigenvalue weighted by molar-refractivity contribution is 0.00296. The molecular formula is C17H23F2N3O2. The summed E-state index contributed by atoms with van der Waals surface area (Å²) in [6, 6.07) is 3.02. The van der Waals surface area contributed by atoms with Gasteiger partial charge in [-0.25, -0.2) is 8.78 Å².